The van der Waals surface area contributed by atoms with E-state index in [1.807, 2.05) is 0 Å². The molecule has 8 heteroatoms. The number of hydrogen-bond donors (Lipinski definition) is 2. The number of amides is 1. The van der Waals surface area contributed by atoms with Crippen molar-refractivity contribution in [1.29, 1.82) is 0 Å². The van der Waals surface area contributed by atoms with Gasteiger partial charge in [-0.2, -0.15) is 0 Å². The van der Waals surface area contributed by atoms with Gasteiger partial charge in [-0.1, -0.05) is 0 Å². The Morgan fingerprint density at radius 1 is 1.29 bits per heavy atom. The summed E-state index contributed by atoms with van der Waals surface area (Å²) in [6.07, 6.45) is 1.27. The Balaban J connectivity index is 2.26. The van der Waals surface area contributed by atoms with E-state index in [9.17, 15) is 17.6 Å². The number of anilines is 1. The average molecular weight is 353 g/mol. The van der Waals surface area contributed by atoms with E-state index in [4.69, 9.17) is 0 Å². The number of aromatic nitrogens is 1. The first-order valence-corrected chi connectivity index (χ1v) is 8.85. The van der Waals surface area contributed by atoms with Crippen LogP contribution in [0.3, 0.4) is 0 Å². The molecule has 0 unspecified atom stereocenters. The van der Waals surface area contributed by atoms with E-state index in [0.29, 0.717) is 11.3 Å². The second-order valence-electron chi connectivity index (χ2n) is 5.82. The summed E-state index contributed by atoms with van der Waals surface area (Å²) in [5, 5.41) is 0. The van der Waals surface area contributed by atoms with E-state index in [1.165, 1.54) is 36.3 Å². The summed E-state index contributed by atoms with van der Waals surface area (Å²) in [5.41, 5.74) is 1.06. The lowest BCUT2D eigenvalue weighted by atomic mass is 10.2. The molecule has 24 heavy (non-hydrogen) atoms. The first-order valence-electron chi connectivity index (χ1n) is 7.37. The van der Waals surface area contributed by atoms with Crippen molar-refractivity contribution in [2.75, 3.05) is 11.9 Å². The van der Waals surface area contributed by atoms with E-state index in [-0.39, 0.29) is 22.4 Å². The van der Waals surface area contributed by atoms with E-state index >= 15 is 0 Å². The third kappa shape index (κ3) is 3.82. The summed E-state index contributed by atoms with van der Waals surface area (Å²) in [6, 6.07) is 5.34. The molecule has 0 aliphatic heterocycles. The Hall–Kier alpha value is -2.19. The summed E-state index contributed by atoms with van der Waals surface area (Å²) in [7, 11) is -2.14. The summed E-state index contributed by atoms with van der Waals surface area (Å²) in [4.78, 5) is 16.5. The fourth-order valence-electron chi connectivity index (χ4n) is 2.17. The SMILES string of the molecule is Cc1cc(N(C)C(=O)c2cc(S(=O)(=O)NC(C)C)c[nH]2)ccc1F. The van der Waals surface area contributed by atoms with Crippen molar-refractivity contribution in [3.63, 3.8) is 0 Å². The van der Waals surface area contributed by atoms with Gasteiger partial charge in [0.25, 0.3) is 5.91 Å². The van der Waals surface area contributed by atoms with Crippen molar-refractivity contribution in [2.45, 2.75) is 31.7 Å². The van der Waals surface area contributed by atoms with Crippen molar-refractivity contribution in [3.05, 3.63) is 47.5 Å². The standard InChI is InChI=1S/C16H20FN3O3S/c1-10(2)19-24(22,23)13-8-15(18-9-13)16(21)20(4)12-5-6-14(17)11(3)7-12/h5-10,18-19H,1-4H3. The quantitative estimate of drug-likeness (QED) is 0.866. The topological polar surface area (TPSA) is 82.3 Å². The number of benzene rings is 1. The van der Waals surface area contributed by atoms with Crippen LogP contribution in [-0.4, -0.2) is 32.4 Å². The van der Waals surface area contributed by atoms with Gasteiger partial charge in [-0.15, -0.1) is 0 Å². The van der Waals surface area contributed by atoms with Crippen LogP contribution in [0.15, 0.2) is 35.4 Å². The highest BCUT2D eigenvalue weighted by Crippen LogP contribution is 2.20. The third-order valence-electron chi connectivity index (χ3n) is 3.42. The Labute approximate surface area is 140 Å². The number of H-pyrrole nitrogens is 1. The van der Waals surface area contributed by atoms with Gasteiger partial charge in [0.15, 0.2) is 0 Å². The molecule has 1 amide bonds. The minimum Gasteiger partial charge on any atom is -0.356 e. The van der Waals surface area contributed by atoms with E-state index < -0.39 is 15.9 Å². The number of carbonyl (C=O) groups excluding carboxylic acids is 1. The lowest BCUT2D eigenvalue weighted by molar-refractivity contribution is 0.0989. The highest BCUT2D eigenvalue weighted by molar-refractivity contribution is 7.89. The fraction of sp³-hybridized carbons (Fsp3) is 0.312. The Morgan fingerprint density at radius 3 is 2.54 bits per heavy atom. The summed E-state index contributed by atoms with van der Waals surface area (Å²) in [6.45, 7) is 5.02. The molecular formula is C16H20FN3O3S. The second kappa shape index (κ2) is 6.74. The van der Waals surface area contributed by atoms with Gasteiger partial charge >= 0.3 is 0 Å². The van der Waals surface area contributed by atoms with Crippen molar-refractivity contribution in [2.24, 2.45) is 0 Å². The lowest BCUT2D eigenvalue weighted by Crippen LogP contribution is -2.30. The van der Waals surface area contributed by atoms with Crippen molar-refractivity contribution in [1.82, 2.24) is 9.71 Å². The molecule has 0 saturated carbocycles. The maximum absolute atomic E-state index is 13.3. The number of aryl methyl sites for hydroxylation is 1. The zero-order chi connectivity index (χ0) is 18.1. The maximum atomic E-state index is 13.3. The van der Waals surface area contributed by atoms with Gasteiger partial charge in [-0.3, -0.25) is 4.79 Å². The Morgan fingerprint density at radius 2 is 1.96 bits per heavy atom. The number of nitrogens with zero attached hydrogens (tertiary/aromatic N) is 1. The molecule has 130 valence electrons. The number of sulfonamides is 1. The monoisotopic (exact) mass is 353 g/mol. The average Bonchev–Trinajstić information content (AvgIpc) is 2.98. The maximum Gasteiger partial charge on any atom is 0.274 e. The van der Waals surface area contributed by atoms with Gasteiger partial charge in [-0.05, 0) is 50.6 Å². The number of halogens is 1. The molecular weight excluding hydrogens is 333 g/mol. The first-order chi connectivity index (χ1) is 11.1. The van der Waals surface area contributed by atoms with Crippen LogP contribution in [0.5, 0.6) is 0 Å². The van der Waals surface area contributed by atoms with Crippen LogP contribution in [0.2, 0.25) is 0 Å². The number of hydrogen-bond acceptors (Lipinski definition) is 3. The molecule has 2 aromatic rings. The van der Waals surface area contributed by atoms with E-state index in [1.54, 1.807) is 26.8 Å². The van der Waals surface area contributed by atoms with Gasteiger partial charge < -0.3 is 9.88 Å². The number of rotatable bonds is 5. The summed E-state index contributed by atoms with van der Waals surface area (Å²) < 4.78 is 40.0. The summed E-state index contributed by atoms with van der Waals surface area (Å²) in [5.74, 6) is -0.778. The largest absolute Gasteiger partial charge is 0.356 e. The third-order valence-corrected chi connectivity index (χ3v) is 5.06. The molecule has 2 rings (SSSR count). The van der Waals surface area contributed by atoms with Gasteiger partial charge in [-0.25, -0.2) is 17.5 Å². The van der Waals surface area contributed by atoms with Crippen molar-refractivity contribution < 1.29 is 17.6 Å². The van der Waals surface area contributed by atoms with Gasteiger partial charge in [0.2, 0.25) is 10.0 Å². The molecule has 0 radical (unpaired) electrons. The minimum absolute atomic E-state index is 0.0109. The molecule has 0 saturated heterocycles. The van der Waals surface area contributed by atoms with Crippen LogP contribution >= 0.6 is 0 Å². The van der Waals surface area contributed by atoms with Crippen molar-refractivity contribution in [3.8, 4) is 0 Å². The van der Waals surface area contributed by atoms with E-state index in [0.717, 1.165) is 0 Å². The molecule has 0 bridgehead atoms. The predicted molar refractivity (Wildman–Crippen MR) is 90.1 cm³/mol. The molecule has 0 fully saturated rings. The normalized spacial score (nSPS) is 11.8. The second-order valence-corrected chi connectivity index (χ2v) is 7.54. The van der Waals surface area contributed by atoms with Gasteiger partial charge in [0.1, 0.15) is 16.4 Å². The molecule has 0 aliphatic carbocycles. The van der Waals surface area contributed by atoms with Crippen LogP contribution in [0, 0.1) is 12.7 Å². The Bertz CT molecular complexity index is 859. The van der Waals surface area contributed by atoms with Gasteiger partial charge in [0, 0.05) is 25.0 Å². The molecule has 0 atom stereocenters. The lowest BCUT2D eigenvalue weighted by Gasteiger charge is -2.17. The highest BCUT2D eigenvalue weighted by Gasteiger charge is 2.21. The highest BCUT2D eigenvalue weighted by atomic mass is 32.2. The number of nitrogens with one attached hydrogen (secondary N) is 2. The van der Waals surface area contributed by atoms with Crippen LogP contribution in [0.25, 0.3) is 0 Å². The van der Waals surface area contributed by atoms with Gasteiger partial charge in [0.05, 0.1) is 0 Å². The van der Waals surface area contributed by atoms with Crippen molar-refractivity contribution >= 4 is 21.6 Å². The zero-order valence-electron chi connectivity index (χ0n) is 13.9. The summed E-state index contributed by atoms with van der Waals surface area (Å²) >= 11 is 0. The molecule has 1 heterocycles. The zero-order valence-corrected chi connectivity index (χ0v) is 14.7. The first kappa shape index (κ1) is 18.2. The molecule has 2 N–H and O–H groups in total. The molecule has 1 aromatic carbocycles. The minimum atomic E-state index is -3.68. The molecule has 6 nitrogen and oxygen atoms in total. The van der Waals surface area contributed by atoms with Crippen LogP contribution in [0.1, 0.15) is 29.9 Å². The van der Waals surface area contributed by atoms with Crippen LogP contribution in [-0.2, 0) is 10.0 Å². The smallest absolute Gasteiger partial charge is 0.274 e. The number of carbonyl (C=O) groups is 1. The van der Waals surface area contributed by atoms with Crippen LogP contribution in [0.4, 0.5) is 10.1 Å². The Kier molecular flexibility index (Phi) is 5.10. The molecule has 0 spiro atoms. The van der Waals surface area contributed by atoms with E-state index in [2.05, 4.69) is 9.71 Å². The fourth-order valence-corrected chi connectivity index (χ4v) is 3.41. The van der Waals surface area contributed by atoms with Crippen LogP contribution < -0.4 is 9.62 Å². The predicted octanol–water partition coefficient (Wildman–Crippen LogP) is 2.43. The molecule has 1 aromatic heterocycles. The molecule has 0 aliphatic rings. The number of aromatic amines is 1.